The van der Waals surface area contributed by atoms with E-state index in [-0.39, 0.29) is 17.6 Å². The van der Waals surface area contributed by atoms with Crippen LogP contribution in [0.25, 0.3) is 11.0 Å². The molecule has 1 atom stereocenters. The third-order valence-electron chi connectivity index (χ3n) is 3.38. The number of hydrogen-bond donors (Lipinski definition) is 1. The molecular weight excluding hydrogens is 281 g/mol. The number of rotatable bonds is 5. The first-order valence-electron chi connectivity index (χ1n) is 6.35. The van der Waals surface area contributed by atoms with Crippen LogP contribution < -0.4 is 5.32 Å². The van der Waals surface area contributed by atoms with E-state index in [1.165, 1.54) is 18.4 Å². The Morgan fingerprint density at radius 2 is 2.10 bits per heavy atom. The molecule has 0 aliphatic carbocycles. The lowest BCUT2D eigenvalue weighted by molar-refractivity contribution is 0.440. The van der Waals surface area contributed by atoms with Crippen molar-refractivity contribution in [1.82, 2.24) is 5.32 Å². The predicted molar refractivity (Wildman–Crippen MR) is 77.0 cm³/mol. The lowest BCUT2D eigenvalue weighted by Crippen LogP contribution is -2.20. The van der Waals surface area contributed by atoms with E-state index in [2.05, 4.69) is 5.32 Å². The van der Waals surface area contributed by atoms with Gasteiger partial charge in [-0.3, -0.25) is 0 Å². The average molecular weight is 299 g/mol. The quantitative estimate of drug-likeness (QED) is 0.922. The van der Waals surface area contributed by atoms with Gasteiger partial charge in [0, 0.05) is 17.2 Å². The SMILES string of the molecule is CNC(CCS(C)(=O)=O)c1oc2ccc(F)cc2c1C. The Morgan fingerprint density at radius 3 is 2.70 bits per heavy atom. The van der Waals surface area contributed by atoms with Crippen molar-refractivity contribution in [3.05, 3.63) is 35.3 Å². The maximum Gasteiger partial charge on any atom is 0.147 e. The topological polar surface area (TPSA) is 59.3 Å². The van der Waals surface area contributed by atoms with Gasteiger partial charge < -0.3 is 9.73 Å². The number of halogens is 1. The van der Waals surface area contributed by atoms with Gasteiger partial charge in [-0.05, 0) is 38.6 Å². The molecule has 1 aromatic carbocycles. The van der Waals surface area contributed by atoms with Gasteiger partial charge >= 0.3 is 0 Å². The molecule has 0 amide bonds. The summed E-state index contributed by atoms with van der Waals surface area (Å²) in [4.78, 5) is 0. The zero-order valence-electron chi connectivity index (χ0n) is 11.7. The van der Waals surface area contributed by atoms with Crippen molar-refractivity contribution in [3.63, 3.8) is 0 Å². The number of aryl methyl sites for hydroxylation is 1. The minimum Gasteiger partial charge on any atom is -0.459 e. The van der Waals surface area contributed by atoms with E-state index in [4.69, 9.17) is 4.42 Å². The van der Waals surface area contributed by atoms with E-state index < -0.39 is 9.84 Å². The van der Waals surface area contributed by atoms with E-state index in [1.807, 2.05) is 6.92 Å². The van der Waals surface area contributed by atoms with E-state index in [0.717, 1.165) is 10.9 Å². The average Bonchev–Trinajstić information content (AvgIpc) is 2.67. The molecule has 1 heterocycles. The van der Waals surface area contributed by atoms with Crippen LogP contribution in [0.2, 0.25) is 0 Å². The van der Waals surface area contributed by atoms with Crippen LogP contribution in [0.15, 0.2) is 22.6 Å². The third-order valence-corrected chi connectivity index (χ3v) is 4.35. The van der Waals surface area contributed by atoms with Crippen molar-refractivity contribution in [3.8, 4) is 0 Å². The van der Waals surface area contributed by atoms with Crippen LogP contribution in [-0.2, 0) is 9.84 Å². The number of benzene rings is 1. The fourth-order valence-corrected chi connectivity index (χ4v) is 2.95. The highest BCUT2D eigenvalue weighted by atomic mass is 32.2. The Morgan fingerprint density at radius 1 is 1.40 bits per heavy atom. The van der Waals surface area contributed by atoms with Crippen LogP contribution in [-0.4, -0.2) is 27.5 Å². The fourth-order valence-electron chi connectivity index (χ4n) is 2.28. The van der Waals surface area contributed by atoms with Crippen LogP contribution >= 0.6 is 0 Å². The molecule has 0 spiro atoms. The maximum absolute atomic E-state index is 13.3. The summed E-state index contributed by atoms with van der Waals surface area (Å²) in [5, 5.41) is 3.78. The summed E-state index contributed by atoms with van der Waals surface area (Å²) in [5.41, 5.74) is 1.45. The van der Waals surface area contributed by atoms with Gasteiger partial charge in [0.15, 0.2) is 0 Å². The minimum absolute atomic E-state index is 0.0728. The highest BCUT2D eigenvalue weighted by molar-refractivity contribution is 7.90. The smallest absolute Gasteiger partial charge is 0.147 e. The molecule has 1 unspecified atom stereocenters. The van der Waals surface area contributed by atoms with Gasteiger partial charge in [0.25, 0.3) is 0 Å². The van der Waals surface area contributed by atoms with Crippen molar-refractivity contribution in [1.29, 1.82) is 0 Å². The Balaban J connectivity index is 2.37. The monoisotopic (exact) mass is 299 g/mol. The second-order valence-corrected chi connectivity index (χ2v) is 7.25. The Bertz CT molecular complexity index is 721. The molecule has 0 saturated heterocycles. The highest BCUT2D eigenvalue weighted by Crippen LogP contribution is 2.31. The van der Waals surface area contributed by atoms with Gasteiger partial charge in [-0.2, -0.15) is 0 Å². The van der Waals surface area contributed by atoms with Gasteiger partial charge in [-0.15, -0.1) is 0 Å². The second kappa shape index (κ2) is 5.54. The molecule has 2 aromatic rings. The van der Waals surface area contributed by atoms with Crippen LogP contribution in [0.1, 0.15) is 23.8 Å². The number of nitrogens with one attached hydrogen (secondary N) is 1. The number of hydrogen-bond acceptors (Lipinski definition) is 4. The number of furan rings is 1. The molecule has 2 rings (SSSR count). The molecule has 0 saturated carbocycles. The van der Waals surface area contributed by atoms with E-state index in [9.17, 15) is 12.8 Å². The van der Waals surface area contributed by atoms with Crippen LogP contribution in [0.5, 0.6) is 0 Å². The molecule has 6 heteroatoms. The molecule has 0 fully saturated rings. The summed E-state index contributed by atoms with van der Waals surface area (Å²) in [5.74, 6) is 0.422. The zero-order chi connectivity index (χ0) is 14.9. The van der Waals surface area contributed by atoms with Gasteiger partial charge in [-0.1, -0.05) is 0 Å². The molecule has 1 N–H and O–H groups in total. The number of sulfone groups is 1. The molecule has 1 aromatic heterocycles. The summed E-state index contributed by atoms with van der Waals surface area (Å²) in [6.07, 6.45) is 1.62. The Labute approximate surface area is 117 Å². The van der Waals surface area contributed by atoms with Gasteiger partial charge in [0.1, 0.15) is 27.0 Å². The number of fused-ring (bicyclic) bond motifs is 1. The van der Waals surface area contributed by atoms with Crippen molar-refractivity contribution in [2.45, 2.75) is 19.4 Å². The van der Waals surface area contributed by atoms with Gasteiger partial charge in [-0.25, -0.2) is 12.8 Å². The third kappa shape index (κ3) is 3.19. The maximum atomic E-state index is 13.3. The summed E-state index contributed by atoms with van der Waals surface area (Å²) >= 11 is 0. The minimum atomic E-state index is -3.03. The zero-order valence-corrected chi connectivity index (χ0v) is 12.6. The second-order valence-electron chi connectivity index (χ2n) is 4.99. The van der Waals surface area contributed by atoms with Crippen LogP contribution in [0, 0.1) is 12.7 Å². The molecule has 20 heavy (non-hydrogen) atoms. The van der Waals surface area contributed by atoms with Crippen LogP contribution in [0.4, 0.5) is 4.39 Å². The molecule has 110 valence electrons. The molecule has 0 aliphatic heterocycles. The van der Waals surface area contributed by atoms with Crippen molar-refractivity contribution >= 4 is 20.8 Å². The lowest BCUT2D eigenvalue weighted by atomic mass is 10.1. The lowest BCUT2D eigenvalue weighted by Gasteiger charge is -2.13. The molecular formula is C14H18FNO3S. The molecule has 0 aliphatic rings. The van der Waals surface area contributed by atoms with Crippen LogP contribution in [0.3, 0.4) is 0 Å². The molecule has 0 radical (unpaired) electrons. The van der Waals surface area contributed by atoms with E-state index in [0.29, 0.717) is 17.8 Å². The normalized spacial score (nSPS) is 13.8. The summed E-state index contributed by atoms with van der Waals surface area (Å²) in [6, 6.07) is 4.16. The Hall–Kier alpha value is -1.40. The molecule has 4 nitrogen and oxygen atoms in total. The fraction of sp³-hybridized carbons (Fsp3) is 0.429. The highest BCUT2D eigenvalue weighted by Gasteiger charge is 2.20. The van der Waals surface area contributed by atoms with Gasteiger partial charge in [0.05, 0.1) is 11.8 Å². The van der Waals surface area contributed by atoms with Crippen molar-refractivity contribution in [2.75, 3.05) is 19.1 Å². The predicted octanol–water partition coefficient (Wildman–Crippen LogP) is 2.58. The summed E-state index contributed by atoms with van der Waals surface area (Å²) in [7, 11) is -1.28. The largest absolute Gasteiger partial charge is 0.459 e. The van der Waals surface area contributed by atoms with Crippen molar-refractivity contribution in [2.24, 2.45) is 0 Å². The first-order valence-corrected chi connectivity index (χ1v) is 8.41. The van der Waals surface area contributed by atoms with Gasteiger partial charge in [0.2, 0.25) is 0 Å². The summed E-state index contributed by atoms with van der Waals surface area (Å²) < 4.78 is 41.6. The first kappa shape index (κ1) is 15.0. The molecule has 0 bridgehead atoms. The van der Waals surface area contributed by atoms with E-state index in [1.54, 1.807) is 13.1 Å². The Kier molecular flexibility index (Phi) is 4.15. The van der Waals surface area contributed by atoms with Crippen molar-refractivity contribution < 1.29 is 17.2 Å². The first-order chi connectivity index (χ1) is 9.31. The standard InChI is InChI=1S/C14H18FNO3S/c1-9-11-8-10(15)4-5-13(11)19-14(9)12(16-2)6-7-20(3,17)18/h4-5,8,12,16H,6-7H2,1-3H3. The van der Waals surface area contributed by atoms with E-state index >= 15 is 0 Å². The summed E-state index contributed by atoms with van der Waals surface area (Å²) in [6.45, 7) is 1.85.